The Kier molecular flexibility index (Phi) is 4.53. The van der Waals surface area contributed by atoms with Crippen molar-refractivity contribution >= 4 is 5.69 Å². The predicted octanol–water partition coefficient (Wildman–Crippen LogP) is 3.97. The second-order valence-corrected chi connectivity index (χ2v) is 6.59. The van der Waals surface area contributed by atoms with Crippen LogP contribution >= 0.6 is 0 Å². The van der Waals surface area contributed by atoms with Crippen LogP contribution in [0.25, 0.3) is 11.3 Å². The van der Waals surface area contributed by atoms with Crippen LogP contribution in [0.2, 0.25) is 0 Å². The molecule has 0 radical (unpaired) electrons. The summed E-state index contributed by atoms with van der Waals surface area (Å²) in [5, 5.41) is 0. The van der Waals surface area contributed by atoms with Gasteiger partial charge in [-0.25, -0.2) is 4.98 Å². The van der Waals surface area contributed by atoms with Crippen molar-refractivity contribution in [3.63, 3.8) is 0 Å². The standard InChI is InChI=1S/C21H23N3O/c1-17-6-5-9-19(14-17)24-12-10-23(11-13-24)16-21-22-15-20(25-21)18-7-3-2-4-8-18/h2-9,14-15H,10-13,16H2,1H3. The number of hydrogen-bond donors (Lipinski definition) is 0. The van der Waals surface area contributed by atoms with Crippen molar-refractivity contribution in [1.82, 2.24) is 9.88 Å². The number of anilines is 1. The van der Waals surface area contributed by atoms with Gasteiger partial charge >= 0.3 is 0 Å². The summed E-state index contributed by atoms with van der Waals surface area (Å²) >= 11 is 0. The van der Waals surface area contributed by atoms with Crippen molar-refractivity contribution in [2.45, 2.75) is 13.5 Å². The van der Waals surface area contributed by atoms with Crippen LogP contribution in [0.3, 0.4) is 0 Å². The first-order valence-corrected chi connectivity index (χ1v) is 8.82. The van der Waals surface area contributed by atoms with E-state index in [2.05, 4.69) is 46.0 Å². The largest absolute Gasteiger partial charge is 0.439 e. The zero-order chi connectivity index (χ0) is 17.1. The molecule has 128 valence electrons. The number of oxazole rings is 1. The highest BCUT2D eigenvalue weighted by atomic mass is 16.4. The quantitative estimate of drug-likeness (QED) is 0.723. The lowest BCUT2D eigenvalue weighted by Gasteiger charge is -2.35. The van der Waals surface area contributed by atoms with Crippen LogP contribution < -0.4 is 4.90 Å². The Balaban J connectivity index is 1.35. The van der Waals surface area contributed by atoms with Crippen molar-refractivity contribution in [1.29, 1.82) is 0 Å². The van der Waals surface area contributed by atoms with E-state index >= 15 is 0 Å². The molecule has 0 atom stereocenters. The Morgan fingerprint density at radius 1 is 0.960 bits per heavy atom. The number of aromatic nitrogens is 1. The number of rotatable bonds is 4. The van der Waals surface area contributed by atoms with E-state index in [0.717, 1.165) is 49.9 Å². The van der Waals surface area contributed by atoms with Gasteiger partial charge in [-0.1, -0.05) is 42.5 Å². The summed E-state index contributed by atoms with van der Waals surface area (Å²) in [5.74, 6) is 1.64. The Hall–Kier alpha value is -2.59. The van der Waals surface area contributed by atoms with Crippen LogP contribution in [0, 0.1) is 6.92 Å². The average Bonchev–Trinajstić information content (AvgIpc) is 3.12. The molecule has 1 aromatic heterocycles. The fourth-order valence-electron chi connectivity index (χ4n) is 3.30. The lowest BCUT2D eigenvalue weighted by molar-refractivity contribution is 0.227. The summed E-state index contributed by atoms with van der Waals surface area (Å²) in [6.07, 6.45) is 1.83. The first-order chi connectivity index (χ1) is 12.3. The van der Waals surface area contributed by atoms with Gasteiger partial charge in [0.2, 0.25) is 5.89 Å². The molecule has 1 saturated heterocycles. The maximum Gasteiger partial charge on any atom is 0.209 e. The summed E-state index contributed by atoms with van der Waals surface area (Å²) in [6, 6.07) is 18.9. The first kappa shape index (κ1) is 15.9. The van der Waals surface area contributed by atoms with Gasteiger partial charge in [0, 0.05) is 37.4 Å². The van der Waals surface area contributed by atoms with Gasteiger partial charge in [-0.05, 0) is 24.6 Å². The highest BCUT2D eigenvalue weighted by molar-refractivity contribution is 5.55. The van der Waals surface area contributed by atoms with Gasteiger partial charge in [0.1, 0.15) is 0 Å². The zero-order valence-corrected chi connectivity index (χ0v) is 14.6. The molecular formula is C21H23N3O. The lowest BCUT2D eigenvalue weighted by atomic mass is 10.2. The smallest absolute Gasteiger partial charge is 0.209 e. The molecule has 0 unspecified atom stereocenters. The Labute approximate surface area is 148 Å². The van der Waals surface area contributed by atoms with E-state index in [1.54, 1.807) is 0 Å². The fraction of sp³-hybridized carbons (Fsp3) is 0.286. The maximum atomic E-state index is 5.93. The molecule has 4 heteroatoms. The van der Waals surface area contributed by atoms with Crippen molar-refractivity contribution in [3.05, 3.63) is 72.2 Å². The number of piperazine rings is 1. The predicted molar refractivity (Wildman–Crippen MR) is 101 cm³/mol. The maximum absolute atomic E-state index is 5.93. The van der Waals surface area contributed by atoms with Gasteiger partial charge in [0.05, 0.1) is 12.7 Å². The summed E-state index contributed by atoms with van der Waals surface area (Å²) < 4.78 is 5.93. The molecule has 25 heavy (non-hydrogen) atoms. The summed E-state index contributed by atoms with van der Waals surface area (Å²) in [6.45, 7) is 7.04. The molecule has 1 fully saturated rings. The molecule has 0 bridgehead atoms. The molecule has 1 aliphatic rings. The Bertz CT molecular complexity index is 820. The van der Waals surface area contributed by atoms with Crippen LogP contribution in [-0.4, -0.2) is 36.1 Å². The third-order valence-electron chi connectivity index (χ3n) is 4.71. The van der Waals surface area contributed by atoms with Gasteiger partial charge in [-0.15, -0.1) is 0 Å². The second-order valence-electron chi connectivity index (χ2n) is 6.59. The number of hydrogen-bond acceptors (Lipinski definition) is 4. The SMILES string of the molecule is Cc1cccc(N2CCN(Cc3ncc(-c4ccccc4)o3)CC2)c1. The van der Waals surface area contributed by atoms with Crippen molar-refractivity contribution in [3.8, 4) is 11.3 Å². The highest BCUT2D eigenvalue weighted by Gasteiger charge is 2.19. The van der Waals surface area contributed by atoms with Crippen molar-refractivity contribution < 1.29 is 4.42 Å². The van der Waals surface area contributed by atoms with E-state index in [0.29, 0.717) is 0 Å². The average molecular weight is 333 g/mol. The molecule has 4 nitrogen and oxygen atoms in total. The molecule has 2 aromatic carbocycles. The van der Waals surface area contributed by atoms with Crippen LogP contribution in [0.1, 0.15) is 11.5 Å². The van der Waals surface area contributed by atoms with Gasteiger partial charge in [-0.2, -0.15) is 0 Å². The van der Waals surface area contributed by atoms with Gasteiger partial charge in [0.15, 0.2) is 5.76 Å². The molecule has 4 rings (SSSR count). The van der Waals surface area contributed by atoms with E-state index in [-0.39, 0.29) is 0 Å². The number of nitrogens with zero attached hydrogens (tertiary/aromatic N) is 3. The third kappa shape index (κ3) is 3.74. The topological polar surface area (TPSA) is 32.5 Å². The second kappa shape index (κ2) is 7.11. The monoisotopic (exact) mass is 333 g/mol. The minimum absolute atomic E-state index is 0.772. The summed E-state index contributed by atoms with van der Waals surface area (Å²) in [4.78, 5) is 9.32. The summed E-state index contributed by atoms with van der Waals surface area (Å²) in [7, 11) is 0. The minimum Gasteiger partial charge on any atom is -0.439 e. The molecule has 0 spiro atoms. The normalized spacial score (nSPS) is 15.5. The minimum atomic E-state index is 0.772. The molecule has 0 amide bonds. The molecule has 0 saturated carbocycles. The van der Waals surface area contributed by atoms with Gasteiger partial charge in [0.25, 0.3) is 0 Å². The molecule has 1 aliphatic heterocycles. The van der Waals surface area contributed by atoms with E-state index in [1.807, 2.05) is 36.5 Å². The lowest BCUT2D eigenvalue weighted by Crippen LogP contribution is -2.46. The number of benzene rings is 2. The molecule has 2 heterocycles. The molecular weight excluding hydrogens is 310 g/mol. The molecule has 0 aliphatic carbocycles. The van der Waals surface area contributed by atoms with Crippen molar-refractivity contribution in [2.24, 2.45) is 0 Å². The van der Waals surface area contributed by atoms with Crippen LogP contribution in [0.4, 0.5) is 5.69 Å². The first-order valence-electron chi connectivity index (χ1n) is 8.82. The van der Waals surface area contributed by atoms with E-state index < -0.39 is 0 Å². The van der Waals surface area contributed by atoms with Gasteiger partial charge in [-0.3, -0.25) is 4.90 Å². The summed E-state index contributed by atoms with van der Waals surface area (Å²) in [5.41, 5.74) is 3.71. The van der Waals surface area contributed by atoms with Crippen LogP contribution in [0.15, 0.2) is 65.2 Å². The fourth-order valence-corrected chi connectivity index (χ4v) is 3.30. The van der Waals surface area contributed by atoms with Crippen LogP contribution in [-0.2, 0) is 6.54 Å². The third-order valence-corrected chi connectivity index (χ3v) is 4.71. The molecule has 3 aromatic rings. The van der Waals surface area contributed by atoms with E-state index in [9.17, 15) is 0 Å². The molecule has 0 N–H and O–H groups in total. The van der Waals surface area contributed by atoms with Crippen molar-refractivity contribution in [2.75, 3.05) is 31.1 Å². The van der Waals surface area contributed by atoms with Gasteiger partial charge < -0.3 is 9.32 Å². The van der Waals surface area contributed by atoms with E-state index in [4.69, 9.17) is 4.42 Å². The van der Waals surface area contributed by atoms with Crippen LogP contribution in [0.5, 0.6) is 0 Å². The zero-order valence-electron chi connectivity index (χ0n) is 14.6. The van der Waals surface area contributed by atoms with E-state index in [1.165, 1.54) is 11.3 Å². The highest BCUT2D eigenvalue weighted by Crippen LogP contribution is 2.22. The number of aryl methyl sites for hydroxylation is 1. The Morgan fingerprint density at radius 2 is 1.76 bits per heavy atom. The Morgan fingerprint density at radius 3 is 2.52 bits per heavy atom.